The van der Waals surface area contributed by atoms with E-state index in [2.05, 4.69) is 45.0 Å². The number of hydrogen-bond donors (Lipinski definition) is 1. The van der Waals surface area contributed by atoms with Gasteiger partial charge in [-0.15, -0.1) is 0 Å². The molecule has 2 unspecified atom stereocenters. The Bertz CT molecular complexity index is 190. The van der Waals surface area contributed by atoms with Gasteiger partial charge in [-0.3, -0.25) is 4.90 Å². The second-order valence-electron chi connectivity index (χ2n) is 5.10. The Morgan fingerprint density at radius 1 is 1.47 bits per heavy atom. The van der Waals surface area contributed by atoms with Crippen LogP contribution in [-0.2, 0) is 4.74 Å². The number of ether oxygens (including phenoxy) is 1. The molecule has 90 valence electrons. The molecular weight excluding hydrogens is 188 g/mol. The molecular formula is C12H26N2O. The molecule has 3 heteroatoms. The predicted molar refractivity (Wildman–Crippen MR) is 64.2 cm³/mol. The molecule has 0 bridgehead atoms. The maximum absolute atomic E-state index is 5.55. The molecule has 2 atom stereocenters. The lowest BCUT2D eigenvalue weighted by Gasteiger charge is -2.47. The first-order chi connectivity index (χ1) is 7.03. The van der Waals surface area contributed by atoms with E-state index in [1.165, 1.54) is 6.42 Å². The lowest BCUT2D eigenvalue weighted by Crippen LogP contribution is -2.60. The summed E-state index contributed by atoms with van der Waals surface area (Å²) in [5.74, 6) is 0. The number of morpholine rings is 1. The second-order valence-corrected chi connectivity index (χ2v) is 5.10. The topological polar surface area (TPSA) is 24.5 Å². The van der Waals surface area contributed by atoms with Crippen molar-refractivity contribution >= 4 is 0 Å². The quantitative estimate of drug-likeness (QED) is 0.767. The van der Waals surface area contributed by atoms with Gasteiger partial charge in [-0.1, -0.05) is 6.92 Å². The molecule has 0 aromatic carbocycles. The van der Waals surface area contributed by atoms with Crippen LogP contribution in [0.25, 0.3) is 0 Å². The predicted octanol–water partition coefficient (Wildman–Crippen LogP) is 1.48. The van der Waals surface area contributed by atoms with Crippen LogP contribution in [0.1, 0.15) is 34.1 Å². The van der Waals surface area contributed by atoms with E-state index in [1.54, 1.807) is 0 Å². The number of nitrogens with zero attached hydrogens (tertiary/aromatic N) is 1. The van der Waals surface area contributed by atoms with Crippen LogP contribution < -0.4 is 5.32 Å². The molecule has 0 aromatic heterocycles. The van der Waals surface area contributed by atoms with Crippen LogP contribution in [0.5, 0.6) is 0 Å². The third-order valence-corrected chi connectivity index (χ3v) is 3.59. The Morgan fingerprint density at radius 2 is 2.13 bits per heavy atom. The molecule has 1 heterocycles. The number of likely N-dealkylation sites (N-methyl/N-ethyl adjacent to an activating group) is 1. The van der Waals surface area contributed by atoms with Crippen molar-refractivity contribution in [1.82, 2.24) is 10.2 Å². The molecule has 0 aliphatic carbocycles. The minimum absolute atomic E-state index is 0.169. The van der Waals surface area contributed by atoms with E-state index in [9.17, 15) is 0 Å². The van der Waals surface area contributed by atoms with Crippen molar-refractivity contribution in [2.45, 2.75) is 51.7 Å². The van der Waals surface area contributed by atoms with Gasteiger partial charge in [0, 0.05) is 24.2 Å². The maximum atomic E-state index is 5.55. The van der Waals surface area contributed by atoms with Gasteiger partial charge >= 0.3 is 0 Å². The third kappa shape index (κ3) is 2.92. The van der Waals surface area contributed by atoms with Gasteiger partial charge in [-0.2, -0.15) is 0 Å². The van der Waals surface area contributed by atoms with Crippen molar-refractivity contribution in [2.75, 3.05) is 26.8 Å². The van der Waals surface area contributed by atoms with Crippen LogP contribution in [0.15, 0.2) is 0 Å². The first kappa shape index (κ1) is 12.9. The summed E-state index contributed by atoms with van der Waals surface area (Å²) in [6.07, 6.45) is 1.17. The molecule has 3 nitrogen and oxygen atoms in total. The van der Waals surface area contributed by atoms with Gasteiger partial charge in [0.1, 0.15) is 0 Å². The normalized spacial score (nSPS) is 26.2. The molecule has 1 rings (SSSR count). The number of nitrogens with one attached hydrogen (secondary N) is 1. The van der Waals surface area contributed by atoms with Crippen molar-refractivity contribution in [1.29, 1.82) is 0 Å². The smallest absolute Gasteiger partial charge is 0.0645 e. The molecule has 1 aliphatic rings. The van der Waals surface area contributed by atoms with E-state index >= 15 is 0 Å². The molecule has 15 heavy (non-hydrogen) atoms. The van der Waals surface area contributed by atoms with E-state index < -0.39 is 0 Å². The fraction of sp³-hybridized carbons (Fsp3) is 1.00. The van der Waals surface area contributed by atoms with E-state index in [1.807, 2.05) is 0 Å². The maximum Gasteiger partial charge on any atom is 0.0645 e. The monoisotopic (exact) mass is 214 g/mol. The van der Waals surface area contributed by atoms with Crippen LogP contribution in [-0.4, -0.2) is 49.3 Å². The minimum atomic E-state index is 0.169. The summed E-state index contributed by atoms with van der Waals surface area (Å²) in [6, 6.07) is 1.14. The average Bonchev–Trinajstić information content (AvgIpc) is 2.18. The highest BCUT2D eigenvalue weighted by atomic mass is 16.5. The first-order valence-corrected chi connectivity index (χ1v) is 6.04. The van der Waals surface area contributed by atoms with Crippen molar-refractivity contribution in [2.24, 2.45) is 0 Å². The van der Waals surface area contributed by atoms with Gasteiger partial charge < -0.3 is 10.1 Å². The molecule has 0 spiro atoms. The zero-order valence-electron chi connectivity index (χ0n) is 10.8. The molecule has 0 radical (unpaired) electrons. The fourth-order valence-electron chi connectivity index (χ4n) is 2.63. The van der Waals surface area contributed by atoms with Crippen LogP contribution in [0, 0.1) is 0 Å². The van der Waals surface area contributed by atoms with Crippen LogP contribution in [0.4, 0.5) is 0 Å². The van der Waals surface area contributed by atoms with Gasteiger partial charge in [0.2, 0.25) is 0 Å². The SMILES string of the molecule is CCC(NC)C(C)N1CCOCC1(C)C. The molecule has 0 amide bonds. The zero-order chi connectivity index (χ0) is 11.5. The minimum Gasteiger partial charge on any atom is -0.378 e. The highest BCUT2D eigenvalue weighted by molar-refractivity contribution is 4.91. The first-order valence-electron chi connectivity index (χ1n) is 6.04. The summed E-state index contributed by atoms with van der Waals surface area (Å²) in [5, 5.41) is 3.40. The van der Waals surface area contributed by atoms with E-state index in [0.717, 1.165) is 19.8 Å². The molecule has 1 fully saturated rings. The Morgan fingerprint density at radius 3 is 2.60 bits per heavy atom. The second kappa shape index (κ2) is 5.28. The summed E-state index contributed by atoms with van der Waals surface area (Å²) in [5.41, 5.74) is 0.169. The van der Waals surface area contributed by atoms with Crippen molar-refractivity contribution in [3.05, 3.63) is 0 Å². The summed E-state index contributed by atoms with van der Waals surface area (Å²) < 4.78 is 5.55. The summed E-state index contributed by atoms with van der Waals surface area (Å²) in [6.45, 7) is 11.9. The summed E-state index contributed by atoms with van der Waals surface area (Å²) >= 11 is 0. The van der Waals surface area contributed by atoms with Gasteiger partial charge in [-0.25, -0.2) is 0 Å². The molecule has 0 aromatic rings. The lowest BCUT2D eigenvalue weighted by atomic mass is 9.96. The van der Waals surface area contributed by atoms with Gasteiger partial charge in [0.15, 0.2) is 0 Å². The van der Waals surface area contributed by atoms with E-state index in [-0.39, 0.29) is 5.54 Å². The number of rotatable bonds is 4. The average molecular weight is 214 g/mol. The molecule has 1 N–H and O–H groups in total. The highest BCUT2D eigenvalue weighted by Gasteiger charge is 2.35. The Balaban J connectivity index is 2.67. The molecule has 1 saturated heterocycles. The van der Waals surface area contributed by atoms with Gasteiger partial charge in [-0.05, 0) is 34.2 Å². The Hall–Kier alpha value is -0.120. The van der Waals surface area contributed by atoms with Crippen LogP contribution >= 0.6 is 0 Å². The fourth-order valence-corrected chi connectivity index (χ4v) is 2.63. The lowest BCUT2D eigenvalue weighted by molar-refractivity contribution is -0.0746. The largest absolute Gasteiger partial charge is 0.378 e. The van der Waals surface area contributed by atoms with Crippen molar-refractivity contribution in [3.63, 3.8) is 0 Å². The summed E-state index contributed by atoms with van der Waals surface area (Å²) in [7, 11) is 2.05. The van der Waals surface area contributed by atoms with Crippen LogP contribution in [0.2, 0.25) is 0 Å². The Kier molecular flexibility index (Phi) is 4.56. The standard InChI is InChI=1S/C12H26N2O/c1-6-11(13-5)10(2)14-7-8-15-9-12(14,3)4/h10-11,13H,6-9H2,1-5H3. The van der Waals surface area contributed by atoms with Crippen molar-refractivity contribution < 1.29 is 4.74 Å². The Labute approximate surface area is 94.2 Å². The van der Waals surface area contributed by atoms with Crippen molar-refractivity contribution in [3.8, 4) is 0 Å². The number of hydrogen-bond acceptors (Lipinski definition) is 3. The molecule has 0 saturated carbocycles. The summed E-state index contributed by atoms with van der Waals surface area (Å²) in [4.78, 5) is 2.57. The molecule has 1 aliphatic heterocycles. The highest BCUT2D eigenvalue weighted by Crippen LogP contribution is 2.23. The third-order valence-electron chi connectivity index (χ3n) is 3.59. The van der Waals surface area contributed by atoms with E-state index in [4.69, 9.17) is 4.74 Å². The van der Waals surface area contributed by atoms with Crippen LogP contribution in [0.3, 0.4) is 0 Å². The van der Waals surface area contributed by atoms with E-state index in [0.29, 0.717) is 12.1 Å². The van der Waals surface area contributed by atoms with Gasteiger partial charge in [0.05, 0.1) is 13.2 Å². The van der Waals surface area contributed by atoms with Gasteiger partial charge in [0.25, 0.3) is 0 Å². The zero-order valence-corrected chi connectivity index (χ0v) is 10.8.